The van der Waals surface area contributed by atoms with Gasteiger partial charge in [0.05, 0.1) is 23.9 Å². The van der Waals surface area contributed by atoms with Crippen LogP contribution in [-0.4, -0.2) is 37.2 Å². The van der Waals surface area contributed by atoms with Crippen LogP contribution in [0.3, 0.4) is 0 Å². The summed E-state index contributed by atoms with van der Waals surface area (Å²) in [5.41, 5.74) is -0.0226. The third-order valence-corrected chi connectivity index (χ3v) is 3.02. The number of aryl methyl sites for hydroxylation is 1. The molecule has 8 nitrogen and oxygen atoms in total. The molecule has 2 aromatic heterocycles. The first-order chi connectivity index (χ1) is 9.41. The van der Waals surface area contributed by atoms with Crippen LogP contribution in [0.1, 0.15) is 15.9 Å². The number of H-pyrrole nitrogens is 1. The lowest BCUT2D eigenvalue weighted by Gasteiger charge is -2.16. The highest BCUT2D eigenvalue weighted by molar-refractivity contribution is 5.93. The molecule has 2 rings (SSSR count). The number of carbonyl (C=O) groups is 1. The van der Waals surface area contributed by atoms with Crippen LogP contribution in [0.5, 0.6) is 0 Å². The van der Waals surface area contributed by atoms with E-state index in [0.29, 0.717) is 11.1 Å². The Bertz CT molecular complexity index is 741. The predicted molar refractivity (Wildman–Crippen MR) is 71.3 cm³/mol. The van der Waals surface area contributed by atoms with E-state index in [4.69, 9.17) is 0 Å². The zero-order chi connectivity index (χ0) is 14.9. The molecule has 0 unspecified atom stereocenters. The van der Waals surface area contributed by atoms with Gasteiger partial charge in [0.1, 0.15) is 0 Å². The molecule has 1 N–H and O–H groups in total. The second-order valence-corrected chi connectivity index (χ2v) is 4.56. The zero-order valence-corrected chi connectivity index (χ0v) is 11.5. The van der Waals surface area contributed by atoms with Crippen LogP contribution in [0.2, 0.25) is 0 Å². The number of hydrogen-bond donors (Lipinski definition) is 1. The van der Waals surface area contributed by atoms with E-state index in [9.17, 15) is 14.4 Å². The summed E-state index contributed by atoms with van der Waals surface area (Å²) in [5.74, 6) is -0.255. The number of nitrogens with zero attached hydrogens (tertiary/aromatic N) is 4. The number of aromatic amines is 1. The number of amides is 1. The molecule has 0 saturated heterocycles. The molecule has 0 fully saturated rings. The van der Waals surface area contributed by atoms with Gasteiger partial charge in [0.2, 0.25) is 0 Å². The Morgan fingerprint density at radius 1 is 1.40 bits per heavy atom. The molecule has 0 atom stereocenters. The summed E-state index contributed by atoms with van der Waals surface area (Å²) >= 11 is 0. The van der Waals surface area contributed by atoms with Crippen molar-refractivity contribution in [2.75, 3.05) is 7.05 Å². The number of rotatable bonds is 3. The Hall–Kier alpha value is -2.64. The van der Waals surface area contributed by atoms with Gasteiger partial charge in [-0.1, -0.05) is 0 Å². The van der Waals surface area contributed by atoms with Crippen molar-refractivity contribution in [2.45, 2.75) is 6.54 Å². The Kier molecular flexibility index (Phi) is 3.55. The molecule has 0 spiro atoms. The van der Waals surface area contributed by atoms with Crippen LogP contribution >= 0.6 is 0 Å². The summed E-state index contributed by atoms with van der Waals surface area (Å²) in [6.45, 7) is 0.116. The van der Waals surface area contributed by atoms with Crippen LogP contribution < -0.4 is 11.2 Å². The van der Waals surface area contributed by atoms with Crippen molar-refractivity contribution in [3.63, 3.8) is 0 Å². The fourth-order valence-electron chi connectivity index (χ4n) is 1.91. The van der Waals surface area contributed by atoms with E-state index in [2.05, 4.69) is 10.2 Å². The number of nitrogens with one attached hydrogen (secondary N) is 1. The Morgan fingerprint density at radius 3 is 2.70 bits per heavy atom. The summed E-state index contributed by atoms with van der Waals surface area (Å²) < 4.78 is 2.33. The monoisotopic (exact) mass is 277 g/mol. The minimum atomic E-state index is -0.403. The molecule has 0 bridgehead atoms. The van der Waals surface area contributed by atoms with Crippen molar-refractivity contribution in [1.82, 2.24) is 24.2 Å². The standard InChI is InChI=1S/C12H15N5O3/c1-15(10(18)8-4-13-14-5-8)6-9-7-16(2)12(20)17(3)11(9)19/h4-5,7H,6H2,1-3H3,(H,13,14). The maximum absolute atomic E-state index is 12.0. The summed E-state index contributed by atoms with van der Waals surface area (Å²) in [6.07, 6.45) is 4.35. The largest absolute Gasteiger partial charge is 0.337 e. The lowest BCUT2D eigenvalue weighted by Crippen LogP contribution is -2.40. The van der Waals surface area contributed by atoms with Gasteiger partial charge in [0.25, 0.3) is 11.5 Å². The van der Waals surface area contributed by atoms with Gasteiger partial charge in [-0.25, -0.2) is 4.79 Å². The first-order valence-corrected chi connectivity index (χ1v) is 5.91. The Balaban J connectivity index is 2.29. The SMILES string of the molecule is CN(Cc1cn(C)c(=O)n(C)c1=O)C(=O)c1cn[nH]c1. The molecule has 8 heteroatoms. The van der Waals surface area contributed by atoms with Gasteiger partial charge in [0.15, 0.2) is 0 Å². The van der Waals surface area contributed by atoms with Crippen LogP contribution in [-0.2, 0) is 20.6 Å². The molecule has 0 aliphatic carbocycles. The first-order valence-electron chi connectivity index (χ1n) is 5.91. The van der Waals surface area contributed by atoms with Gasteiger partial charge in [-0.05, 0) is 0 Å². The van der Waals surface area contributed by atoms with E-state index in [0.717, 1.165) is 4.57 Å². The van der Waals surface area contributed by atoms with E-state index in [1.54, 1.807) is 14.1 Å². The smallest absolute Gasteiger partial charge is 0.330 e. The highest BCUT2D eigenvalue weighted by Crippen LogP contribution is 2.03. The predicted octanol–water partition coefficient (Wildman–Crippen LogP) is -0.921. The lowest BCUT2D eigenvalue weighted by atomic mass is 10.2. The lowest BCUT2D eigenvalue weighted by molar-refractivity contribution is 0.0784. The quantitative estimate of drug-likeness (QED) is 0.785. The fourth-order valence-corrected chi connectivity index (χ4v) is 1.91. The van der Waals surface area contributed by atoms with Crippen LogP contribution in [0.4, 0.5) is 0 Å². The Morgan fingerprint density at radius 2 is 2.10 bits per heavy atom. The minimum Gasteiger partial charge on any atom is -0.337 e. The number of carbonyl (C=O) groups excluding carboxylic acids is 1. The Labute approximate surface area is 114 Å². The van der Waals surface area contributed by atoms with Crippen LogP contribution in [0.15, 0.2) is 28.2 Å². The maximum Gasteiger partial charge on any atom is 0.330 e. The second kappa shape index (κ2) is 5.16. The van der Waals surface area contributed by atoms with Gasteiger partial charge in [-0.2, -0.15) is 5.10 Å². The van der Waals surface area contributed by atoms with E-state index in [1.807, 2.05) is 0 Å². The number of aromatic nitrogens is 4. The van der Waals surface area contributed by atoms with Crippen molar-refractivity contribution in [2.24, 2.45) is 14.1 Å². The molecule has 106 valence electrons. The van der Waals surface area contributed by atoms with Gasteiger partial charge >= 0.3 is 5.69 Å². The molecule has 0 saturated carbocycles. The molecular weight excluding hydrogens is 262 g/mol. The van der Waals surface area contributed by atoms with E-state index in [1.165, 1.54) is 35.1 Å². The minimum absolute atomic E-state index is 0.116. The van der Waals surface area contributed by atoms with Crippen LogP contribution in [0, 0.1) is 0 Å². The van der Waals surface area contributed by atoms with Gasteiger partial charge in [-0.15, -0.1) is 0 Å². The van der Waals surface area contributed by atoms with Gasteiger partial charge in [0, 0.05) is 33.5 Å². The third-order valence-electron chi connectivity index (χ3n) is 3.02. The normalized spacial score (nSPS) is 10.6. The van der Waals surface area contributed by atoms with E-state index >= 15 is 0 Å². The molecule has 1 amide bonds. The summed E-state index contributed by atoms with van der Waals surface area (Å²) in [6, 6.07) is 0. The summed E-state index contributed by atoms with van der Waals surface area (Å²) in [4.78, 5) is 37.0. The topological polar surface area (TPSA) is 93.0 Å². The zero-order valence-electron chi connectivity index (χ0n) is 11.5. The average molecular weight is 277 g/mol. The fraction of sp³-hybridized carbons (Fsp3) is 0.333. The number of hydrogen-bond acceptors (Lipinski definition) is 4. The first kappa shape index (κ1) is 13.8. The van der Waals surface area contributed by atoms with E-state index in [-0.39, 0.29) is 12.5 Å². The molecule has 2 aromatic rings. The van der Waals surface area contributed by atoms with Gasteiger partial charge < -0.3 is 9.47 Å². The molecular formula is C12H15N5O3. The molecule has 0 radical (unpaired) electrons. The van der Waals surface area contributed by atoms with Gasteiger partial charge in [-0.3, -0.25) is 19.3 Å². The van der Waals surface area contributed by atoms with Crippen molar-refractivity contribution in [1.29, 1.82) is 0 Å². The van der Waals surface area contributed by atoms with Crippen LogP contribution in [0.25, 0.3) is 0 Å². The van der Waals surface area contributed by atoms with Crippen molar-refractivity contribution < 1.29 is 4.79 Å². The van der Waals surface area contributed by atoms with E-state index < -0.39 is 11.2 Å². The highest BCUT2D eigenvalue weighted by Gasteiger charge is 2.15. The summed E-state index contributed by atoms with van der Waals surface area (Å²) in [7, 11) is 4.55. The summed E-state index contributed by atoms with van der Waals surface area (Å²) in [5, 5.41) is 6.26. The maximum atomic E-state index is 12.0. The second-order valence-electron chi connectivity index (χ2n) is 4.56. The van der Waals surface area contributed by atoms with Crippen molar-refractivity contribution >= 4 is 5.91 Å². The molecule has 0 aliphatic heterocycles. The molecule has 20 heavy (non-hydrogen) atoms. The van der Waals surface area contributed by atoms with Crippen molar-refractivity contribution in [3.05, 3.63) is 50.6 Å². The molecule has 0 aliphatic rings. The highest BCUT2D eigenvalue weighted by atomic mass is 16.2. The third kappa shape index (κ3) is 2.40. The van der Waals surface area contributed by atoms with Crippen molar-refractivity contribution in [3.8, 4) is 0 Å². The molecule has 0 aromatic carbocycles. The molecule has 2 heterocycles. The average Bonchev–Trinajstić information content (AvgIpc) is 2.95.